The van der Waals surface area contributed by atoms with Gasteiger partial charge in [0.1, 0.15) is 0 Å². The molecule has 0 aliphatic carbocycles. The van der Waals surface area contributed by atoms with Crippen molar-refractivity contribution in [1.82, 2.24) is 10.6 Å². The summed E-state index contributed by atoms with van der Waals surface area (Å²) in [6, 6.07) is 7.76. The lowest BCUT2D eigenvalue weighted by atomic mass is 10.2. The summed E-state index contributed by atoms with van der Waals surface area (Å²) in [4.78, 5) is 25.6. The highest BCUT2D eigenvalue weighted by molar-refractivity contribution is 7.10. The van der Waals surface area contributed by atoms with Gasteiger partial charge in [-0.2, -0.15) is 0 Å². The maximum absolute atomic E-state index is 11.7. The highest BCUT2D eigenvalue weighted by atomic mass is 32.1. The summed E-state index contributed by atoms with van der Waals surface area (Å²) in [5, 5.41) is 9.25. The minimum absolute atomic E-state index is 0.0614. The molecule has 2 aromatic rings. The molecule has 0 aliphatic rings. The monoisotopic (exact) mass is 308 g/mol. The van der Waals surface area contributed by atoms with Gasteiger partial charge in [0.15, 0.2) is 0 Å². The van der Waals surface area contributed by atoms with Crippen LogP contribution < -0.4 is 10.6 Å². The third kappa shape index (κ3) is 4.47. The Morgan fingerprint density at radius 3 is 2.35 bits per heavy atom. The molecule has 0 saturated heterocycles. The van der Waals surface area contributed by atoms with Crippen LogP contribution in [-0.4, -0.2) is 17.9 Å². The van der Waals surface area contributed by atoms with E-state index in [-0.39, 0.29) is 6.04 Å². The third-order valence-corrected chi connectivity index (χ3v) is 4.45. The first-order valence-corrected chi connectivity index (χ1v) is 8.04. The molecule has 0 aliphatic heterocycles. The lowest BCUT2D eigenvalue weighted by Gasteiger charge is -2.12. The van der Waals surface area contributed by atoms with Gasteiger partial charge in [-0.1, -0.05) is 12.1 Å². The van der Waals surface area contributed by atoms with E-state index in [0.29, 0.717) is 6.54 Å². The molecule has 1 unspecified atom stereocenters. The second-order valence-corrected chi connectivity index (χ2v) is 6.48. The Labute approximate surface area is 125 Å². The molecule has 2 rings (SSSR count). The van der Waals surface area contributed by atoms with Crippen LogP contribution >= 0.6 is 22.7 Å². The van der Waals surface area contributed by atoms with Gasteiger partial charge in [-0.15, -0.1) is 22.7 Å². The van der Waals surface area contributed by atoms with Gasteiger partial charge >= 0.3 is 11.8 Å². The number of amides is 2. The molecule has 1 atom stereocenters. The maximum Gasteiger partial charge on any atom is 0.309 e. The van der Waals surface area contributed by atoms with Gasteiger partial charge in [-0.05, 0) is 29.8 Å². The SMILES string of the molecule is CC(Cc1cccs1)NC(=O)C(=O)NCc1cccs1. The Balaban J connectivity index is 1.74. The fraction of sp³-hybridized carbons (Fsp3) is 0.286. The summed E-state index contributed by atoms with van der Waals surface area (Å²) < 4.78 is 0. The van der Waals surface area contributed by atoms with Crippen LogP contribution in [0.3, 0.4) is 0 Å². The number of thiophene rings is 2. The molecule has 20 heavy (non-hydrogen) atoms. The lowest BCUT2D eigenvalue weighted by molar-refractivity contribution is -0.139. The highest BCUT2D eigenvalue weighted by Crippen LogP contribution is 2.11. The minimum Gasteiger partial charge on any atom is -0.345 e. The van der Waals surface area contributed by atoms with E-state index < -0.39 is 11.8 Å². The van der Waals surface area contributed by atoms with Crippen molar-refractivity contribution in [2.75, 3.05) is 0 Å². The van der Waals surface area contributed by atoms with E-state index in [2.05, 4.69) is 10.6 Å². The molecule has 6 heteroatoms. The van der Waals surface area contributed by atoms with Crippen molar-refractivity contribution >= 4 is 34.5 Å². The fourth-order valence-electron chi connectivity index (χ4n) is 1.73. The molecule has 106 valence electrons. The van der Waals surface area contributed by atoms with Crippen LogP contribution in [0.5, 0.6) is 0 Å². The Morgan fingerprint density at radius 2 is 1.75 bits per heavy atom. The summed E-state index contributed by atoms with van der Waals surface area (Å²) in [5.41, 5.74) is 0. The van der Waals surface area contributed by atoms with Gasteiger partial charge in [0.2, 0.25) is 0 Å². The van der Waals surface area contributed by atoms with Crippen LogP contribution in [0.1, 0.15) is 16.7 Å². The molecule has 2 N–H and O–H groups in total. The predicted molar refractivity (Wildman–Crippen MR) is 81.8 cm³/mol. The predicted octanol–water partition coefficient (Wildman–Crippen LogP) is 2.17. The molecule has 0 bridgehead atoms. The van der Waals surface area contributed by atoms with E-state index in [1.54, 1.807) is 22.7 Å². The molecule has 0 fully saturated rings. The van der Waals surface area contributed by atoms with Gasteiger partial charge in [-0.3, -0.25) is 9.59 Å². The quantitative estimate of drug-likeness (QED) is 0.832. The lowest BCUT2D eigenvalue weighted by Crippen LogP contribution is -2.43. The van der Waals surface area contributed by atoms with E-state index in [0.717, 1.165) is 11.3 Å². The second kappa shape index (κ2) is 7.21. The van der Waals surface area contributed by atoms with Crippen molar-refractivity contribution in [3.8, 4) is 0 Å². The first kappa shape index (κ1) is 14.7. The van der Waals surface area contributed by atoms with Crippen molar-refractivity contribution in [2.45, 2.75) is 25.9 Å². The fourth-order valence-corrected chi connectivity index (χ4v) is 3.21. The van der Waals surface area contributed by atoms with Crippen molar-refractivity contribution < 1.29 is 9.59 Å². The number of nitrogens with one attached hydrogen (secondary N) is 2. The van der Waals surface area contributed by atoms with Gasteiger partial charge in [0.05, 0.1) is 6.54 Å². The summed E-state index contributed by atoms with van der Waals surface area (Å²) in [6.07, 6.45) is 0.738. The summed E-state index contributed by atoms with van der Waals surface area (Å²) in [6.45, 7) is 2.29. The number of carbonyl (C=O) groups excluding carboxylic acids is 2. The summed E-state index contributed by atoms with van der Waals surface area (Å²) in [5.74, 6) is -1.16. The zero-order valence-electron chi connectivity index (χ0n) is 11.1. The smallest absolute Gasteiger partial charge is 0.309 e. The Bertz CT molecular complexity index is 550. The number of hydrogen-bond donors (Lipinski definition) is 2. The average molecular weight is 308 g/mol. The Morgan fingerprint density at radius 1 is 1.10 bits per heavy atom. The first-order valence-electron chi connectivity index (χ1n) is 6.28. The maximum atomic E-state index is 11.7. The Kier molecular flexibility index (Phi) is 5.31. The zero-order chi connectivity index (χ0) is 14.4. The molecule has 2 amide bonds. The number of hydrogen-bond acceptors (Lipinski definition) is 4. The molecule has 0 radical (unpaired) electrons. The molecule has 0 spiro atoms. The standard InChI is InChI=1S/C14H16N2O2S2/c1-10(8-11-4-2-6-19-11)16-14(18)13(17)15-9-12-5-3-7-20-12/h2-7,10H,8-9H2,1H3,(H,15,17)(H,16,18). The molecule has 2 heterocycles. The third-order valence-electron chi connectivity index (χ3n) is 2.67. The average Bonchev–Trinajstić information content (AvgIpc) is 3.08. The zero-order valence-corrected chi connectivity index (χ0v) is 12.7. The summed E-state index contributed by atoms with van der Waals surface area (Å²) >= 11 is 3.19. The summed E-state index contributed by atoms with van der Waals surface area (Å²) in [7, 11) is 0. The number of carbonyl (C=O) groups is 2. The molecule has 4 nitrogen and oxygen atoms in total. The second-order valence-electron chi connectivity index (χ2n) is 4.42. The molecule has 0 aromatic carbocycles. The van der Waals surface area contributed by atoms with Crippen molar-refractivity contribution in [3.63, 3.8) is 0 Å². The van der Waals surface area contributed by atoms with Gasteiger partial charge in [-0.25, -0.2) is 0 Å². The van der Waals surface area contributed by atoms with Crippen LogP contribution in [0, 0.1) is 0 Å². The van der Waals surface area contributed by atoms with E-state index in [9.17, 15) is 9.59 Å². The van der Waals surface area contributed by atoms with Crippen molar-refractivity contribution in [3.05, 3.63) is 44.8 Å². The topological polar surface area (TPSA) is 58.2 Å². The molecular weight excluding hydrogens is 292 g/mol. The van der Waals surface area contributed by atoms with Crippen LogP contribution in [0.4, 0.5) is 0 Å². The van der Waals surface area contributed by atoms with Crippen LogP contribution in [0.2, 0.25) is 0 Å². The first-order chi connectivity index (χ1) is 9.65. The van der Waals surface area contributed by atoms with Crippen LogP contribution in [0.25, 0.3) is 0 Å². The van der Waals surface area contributed by atoms with Crippen molar-refractivity contribution in [1.29, 1.82) is 0 Å². The number of rotatable bonds is 5. The van der Waals surface area contributed by atoms with Gasteiger partial charge in [0, 0.05) is 22.2 Å². The highest BCUT2D eigenvalue weighted by Gasteiger charge is 2.16. The minimum atomic E-state index is -0.587. The molecule has 2 aromatic heterocycles. The van der Waals surface area contributed by atoms with Crippen molar-refractivity contribution in [2.24, 2.45) is 0 Å². The molecule has 0 saturated carbocycles. The van der Waals surface area contributed by atoms with E-state index in [1.165, 1.54) is 4.88 Å². The normalized spacial score (nSPS) is 11.8. The largest absolute Gasteiger partial charge is 0.345 e. The van der Waals surface area contributed by atoms with E-state index in [1.807, 2.05) is 41.9 Å². The van der Waals surface area contributed by atoms with Crippen LogP contribution in [0.15, 0.2) is 35.0 Å². The van der Waals surface area contributed by atoms with E-state index in [4.69, 9.17) is 0 Å². The van der Waals surface area contributed by atoms with Gasteiger partial charge < -0.3 is 10.6 Å². The van der Waals surface area contributed by atoms with Crippen LogP contribution in [-0.2, 0) is 22.6 Å². The van der Waals surface area contributed by atoms with Gasteiger partial charge in [0.25, 0.3) is 0 Å². The van der Waals surface area contributed by atoms with E-state index >= 15 is 0 Å². The molecular formula is C14H16N2O2S2. The Hall–Kier alpha value is -1.66.